The molecule has 3 heteroatoms. The summed E-state index contributed by atoms with van der Waals surface area (Å²) in [4.78, 5) is 22.5. The van der Waals surface area contributed by atoms with Gasteiger partial charge in [0.2, 0.25) is 0 Å². The maximum absolute atomic E-state index is 11.6. The zero-order valence-corrected chi connectivity index (χ0v) is 8.71. The van der Waals surface area contributed by atoms with Crippen LogP contribution in [0.25, 0.3) is 0 Å². The minimum Gasteiger partial charge on any atom is -0.466 e. The third-order valence-corrected chi connectivity index (χ3v) is 2.78. The average molecular weight is 196 g/mol. The van der Waals surface area contributed by atoms with E-state index < -0.39 is 11.4 Å². The van der Waals surface area contributed by atoms with Gasteiger partial charge in [-0.15, -0.1) is 0 Å². The SMILES string of the molecule is COC(=O)/C=C/[C@]1(C)CCCCC1=O. The number of methoxy groups -OCH3 is 1. The minimum absolute atomic E-state index is 0.226. The van der Waals surface area contributed by atoms with E-state index >= 15 is 0 Å². The first-order valence-corrected chi connectivity index (χ1v) is 4.89. The summed E-state index contributed by atoms with van der Waals surface area (Å²) >= 11 is 0. The van der Waals surface area contributed by atoms with Gasteiger partial charge in [0, 0.05) is 17.9 Å². The van der Waals surface area contributed by atoms with Crippen molar-refractivity contribution in [3.63, 3.8) is 0 Å². The molecule has 1 aliphatic carbocycles. The molecule has 0 N–H and O–H groups in total. The molecule has 1 atom stereocenters. The Kier molecular flexibility index (Phi) is 3.44. The van der Waals surface area contributed by atoms with Crippen LogP contribution in [0.2, 0.25) is 0 Å². The highest BCUT2D eigenvalue weighted by Crippen LogP contribution is 2.33. The summed E-state index contributed by atoms with van der Waals surface area (Å²) < 4.78 is 4.48. The van der Waals surface area contributed by atoms with Gasteiger partial charge in [-0.2, -0.15) is 0 Å². The van der Waals surface area contributed by atoms with E-state index in [1.165, 1.54) is 13.2 Å². The van der Waals surface area contributed by atoms with E-state index in [4.69, 9.17) is 0 Å². The molecular formula is C11H16O3. The van der Waals surface area contributed by atoms with E-state index in [0.717, 1.165) is 19.3 Å². The zero-order valence-electron chi connectivity index (χ0n) is 8.71. The van der Waals surface area contributed by atoms with Crippen LogP contribution in [-0.4, -0.2) is 18.9 Å². The van der Waals surface area contributed by atoms with Gasteiger partial charge < -0.3 is 4.74 Å². The smallest absolute Gasteiger partial charge is 0.330 e. The van der Waals surface area contributed by atoms with Crippen molar-refractivity contribution in [1.82, 2.24) is 0 Å². The van der Waals surface area contributed by atoms with Crippen molar-refractivity contribution in [3.8, 4) is 0 Å². The second-order valence-electron chi connectivity index (χ2n) is 3.90. The Hall–Kier alpha value is -1.12. The van der Waals surface area contributed by atoms with Crippen LogP contribution in [0.15, 0.2) is 12.2 Å². The number of carbonyl (C=O) groups is 2. The molecule has 0 aromatic heterocycles. The van der Waals surface area contributed by atoms with Crippen molar-refractivity contribution < 1.29 is 14.3 Å². The van der Waals surface area contributed by atoms with Crippen LogP contribution in [-0.2, 0) is 14.3 Å². The average Bonchev–Trinajstić information content (AvgIpc) is 2.19. The third-order valence-electron chi connectivity index (χ3n) is 2.78. The number of ether oxygens (including phenoxy) is 1. The molecule has 3 nitrogen and oxygen atoms in total. The standard InChI is InChI=1S/C11H16O3/c1-11(8-6-10(13)14-2)7-4-3-5-9(11)12/h6,8H,3-5,7H2,1-2H3/b8-6+/t11-/m0/s1. The minimum atomic E-state index is -0.452. The van der Waals surface area contributed by atoms with Crippen LogP contribution < -0.4 is 0 Å². The van der Waals surface area contributed by atoms with Crippen molar-refractivity contribution in [2.24, 2.45) is 5.41 Å². The number of Topliss-reactive ketones (excluding diaryl/α,β-unsaturated/α-hetero) is 1. The van der Waals surface area contributed by atoms with E-state index in [1.54, 1.807) is 6.08 Å². The van der Waals surface area contributed by atoms with Crippen LogP contribution in [0.3, 0.4) is 0 Å². The van der Waals surface area contributed by atoms with Gasteiger partial charge in [-0.25, -0.2) is 4.79 Å². The molecule has 0 aliphatic heterocycles. The van der Waals surface area contributed by atoms with Crippen molar-refractivity contribution in [2.75, 3.05) is 7.11 Å². The van der Waals surface area contributed by atoms with Crippen molar-refractivity contribution in [2.45, 2.75) is 32.6 Å². The highest BCUT2D eigenvalue weighted by molar-refractivity contribution is 5.89. The summed E-state index contributed by atoms with van der Waals surface area (Å²) in [7, 11) is 1.33. The molecule has 0 radical (unpaired) electrons. The number of carbonyl (C=O) groups excluding carboxylic acids is 2. The van der Waals surface area contributed by atoms with Crippen molar-refractivity contribution in [3.05, 3.63) is 12.2 Å². The van der Waals surface area contributed by atoms with Gasteiger partial charge in [0.1, 0.15) is 5.78 Å². The quantitative estimate of drug-likeness (QED) is 0.500. The first-order chi connectivity index (χ1) is 6.58. The lowest BCUT2D eigenvalue weighted by Crippen LogP contribution is -2.29. The van der Waals surface area contributed by atoms with E-state index in [0.29, 0.717) is 6.42 Å². The molecule has 1 rings (SSSR count). The lowest BCUT2D eigenvalue weighted by molar-refractivity contribution is -0.134. The molecule has 0 spiro atoms. The van der Waals surface area contributed by atoms with Gasteiger partial charge in [-0.1, -0.05) is 12.5 Å². The number of esters is 1. The molecular weight excluding hydrogens is 180 g/mol. The molecule has 0 aromatic carbocycles. The molecule has 0 aromatic rings. The van der Waals surface area contributed by atoms with Gasteiger partial charge in [0.25, 0.3) is 0 Å². The van der Waals surface area contributed by atoms with E-state index in [2.05, 4.69) is 4.74 Å². The number of allylic oxidation sites excluding steroid dienone is 1. The Bertz CT molecular complexity index is 268. The fraction of sp³-hybridized carbons (Fsp3) is 0.636. The van der Waals surface area contributed by atoms with Crippen LogP contribution in [0.5, 0.6) is 0 Å². The summed E-state index contributed by atoms with van der Waals surface area (Å²) in [5.41, 5.74) is -0.452. The van der Waals surface area contributed by atoms with Crippen molar-refractivity contribution in [1.29, 1.82) is 0 Å². The number of ketones is 1. The molecule has 14 heavy (non-hydrogen) atoms. The molecule has 1 fully saturated rings. The summed E-state index contributed by atoms with van der Waals surface area (Å²) in [6.07, 6.45) is 6.51. The maximum Gasteiger partial charge on any atom is 0.330 e. The third kappa shape index (κ3) is 2.44. The van der Waals surface area contributed by atoms with Gasteiger partial charge >= 0.3 is 5.97 Å². The number of rotatable bonds is 2. The van der Waals surface area contributed by atoms with Crippen LogP contribution in [0.1, 0.15) is 32.6 Å². The van der Waals surface area contributed by atoms with E-state index in [-0.39, 0.29) is 5.78 Å². The largest absolute Gasteiger partial charge is 0.466 e. The number of hydrogen-bond acceptors (Lipinski definition) is 3. The normalized spacial score (nSPS) is 28.0. The Morgan fingerprint density at radius 1 is 1.50 bits per heavy atom. The van der Waals surface area contributed by atoms with Crippen LogP contribution in [0, 0.1) is 5.41 Å². The van der Waals surface area contributed by atoms with Gasteiger partial charge in [-0.3, -0.25) is 4.79 Å². The predicted molar refractivity (Wildman–Crippen MR) is 52.7 cm³/mol. The second kappa shape index (κ2) is 4.40. The van der Waals surface area contributed by atoms with Gasteiger partial charge in [0.05, 0.1) is 7.11 Å². The van der Waals surface area contributed by atoms with Gasteiger partial charge in [0.15, 0.2) is 0 Å². The molecule has 1 aliphatic rings. The Balaban J connectivity index is 2.68. The van der Waals surface area contributed by atoms with Crippen LogP contribution >= 0.6 is 0 Å². The lowest BCUT2D eigenvalue weighted by atomic mass is 9.74. The molecule has 0 bridgehead atoms. The molecule has 0 unspecified atom stereocenters. The highest BCUT2D eigenvalue weighted by Gasteiger charge is 2.32. The topological polar surface area (TPSA) is 43.4 Å². The van der Waals surface area contributed by atoms with Crippen molar-refractivity contribution >= 4 is 11.8 Å². The fourth-order valence-electron chi connectivity index (χ4n) is 1.70. The predicted octanol–water partition coefficient (Wildman–Crippen LogP) is 1.86. The summed E-state index contributed by atoms with van der Waals surface area (Å²) in [6.45, 7) is 1.88. The summed E-state index contributed by atoms with van der Waals surface area (Å²) in [5.74, 6) is -0.173. The molecule has 0 saturated heterocycles. The first-order valence-electron chi connectivity index (χ1n) is 4.89. The lowest BCUT2D eigenvalue weighted by Gasteiger charge is -2.28. The molecule has 0 heterocycles. The zero-order chi connectivity index (χ0) is 10.6. The second-order valence-corrected chi connectivity index (χ2v) is 3.90. The molecule has 0 amide bonds. The number of hydrogen-bond donors (Lipinski definition) is 0. The Morgan fingerprint density at radius 3 is 2.79 bits per heavy atom. The first kappa shape index (κ1) is 11.0. The maximum atomic E-state index is 11.6. The summed E-state index contributed by atoms with van der Waals surface area (Å²) in [5, 5.41) is 0. The monoisotopic (exact) mass is 196 g/mol. The molecule has 1 saturated carbocycles. The molecule has 78 valence electrons. The van der Waals surface area contributed by atoms with E-state index in [9.17, 15) is 9.59 Å². The van der Waals surface area contributed by atoms with Crippen LogP contribution in [0.4, 0.5) is 0 Å². The van der Waals surface area contributed by atoms with E-state index in [1.807, 2.05) is 6.92 Å². The fourth-order valence-corrected chi connectivity index (χ4v) is 1.70. The Morgan fingerprint density at radius 2 is 2.21 bits per heavy atom. The summed E-state index contributed by atoms with van der Waals surface area (Å²) in [6, 6.07) is 0. The Labute approximate surface area is 84.1 Å². The van der Waals surface area contributed by atoms with Gasteiger partial charge in [-0.05, 0) is 19.8 Å². The highest BCUT2D eigenvalue weighted by atomic mass is 16.5.